The molecule has 3 heteroatoms. The first-order valence-corrected chi connectivity index (χ1v) is 7.48. The van der Waals surface area contributed by atoms with Crippen LogP contribution in [-0.4, -0.2) is 13.2 Å². The van der Waals surface area contributed by atoms with Crippen LogP contribution in [0.2, 0.25) is 0 Å². The van der Waals surface area contributed by atoms with Gasteiger partial charge < -0.3 is 9.47 Å². The average Bonchev–Trinajstić information content (AvgIpc) is 2.47. The van der Waals surface area contributed by atoms with Crippen LogP contribution in [0, 0.1) is 3.57 Å². The van der Waals surface area contributed by atoms with E-state index in [-0.39, 0.29) is 6.10 Å². The molecule has 0 amide bonds. The zero-order chi connectivity index (χ0) is 13.1. The monoisotopic (exact) mass is 366 g/mol. The van der Waals surface area contributed by atoms with Crippen molar-refractivity contribution in [3.8, 4) is 5.75 Å². The number of benzene rings is 2. The van der Waals surface area contributed by atoms with Crippen molar-refractivity contribution in [2.75, 3.05) is 13.2 Å². The highest BCUT2D eigenvalue weighted by molar-refractivity contribution is 14.1. The average molecular weight is 366 g/mol. The van der Waals surface area contributed by atoms with Crippen LogP contribution in [0.4, 0.5) is 0 Å². The van der Waals surface area contributed by atoms with Gasteiger partial charge in [-0.25, -0.2) is 0 Å². The van der Waals surface area contributed by atoms with E-state index in [1.807, 2.05) is 24.3 Å². The Bertz CT molecular complexity index is 551. The van der Waals surface area contributed by atoms with E-state index in [0.29, 0.717) is 6.61 Å². The predicted molar refractivity (Wildman–Crippen MR) is 83.5 cm³/mol. The quantitative estimate of drug-likeness (QED) is 0.765. The largest absolute Gasteiger partial charge is 0.491 e. The molecule has 1 aliphatic rings. The first-order chi connectivity index (χ1) is 9.33. The molecule has 1 heterocycles. The molecular weight excluding hydrogens is 351 g/mol. The lowest BCUT2D eigenvalue weighted by atomic mass is 9.98. The van der Waals surface area contributed by atoms with Crippen molar-refractivity contribution in [1.82, 2.24) is 0 Å². The maximum atomic E-state index is 5.83. The maximum absolute atomic E-state index is 5.83. The number of rotatable bonds is 3. The Morgan fingerprint density at radius 1 is 1.11 bits per heavy atom. The van der Waals surface area contributed by atoms with Crippen LogP contribution in [0.1, 0.15) is 17.2 Å². The second kappa shape index (κ2) is 5.92. The minimum absolute atomic E-state index is 0.0456. The lowest BCUT2D eigenvalue weighted by molar-refractivity contribution is 0.0102. The first kappa shape index (κ1) is 12.9. The van der Waals surface area contributed by atoms with Crippen LogP contribution in [0.15, 0.2) is 48.5 Å². The maximum Gasteiger partial charge on any atom is 0.119 e. The molecule has 0 fully saturated rings. The minimum atomic E-state index is 0.0456. The van der Waals surface area contributed by atoms with E-state index < -0.39 is 0 Å². The van der Waals surface area contributed by atoms with Crippen molar-refractivity contribution >= 4 is 22.6 Å². The molecule has 0 bridgehead atoms. The lowest BCUT2D eigenvalue weighted by Gasteiger charge is -2.26. The van der Waals surface area contributed by atoms with Gasteiger partial charge in [-0.15, -0.1) is 0 Å². The number of ether oxygens (including phenoxy) is 2. The van der Waals surface area contributed by atoms with E-state index in [4.69, 9.17) is 9.47 Å². The molecule has 1 atom stereocenters. The van der Waals surface area contributed by atoms with Gasteiger partial charge >= 0.3 is 0 Å². The zero-order valence-electron chi connectivity index (χ0n) is 10.5. The van der Waals surface area contributed by atoms with E-state index >= 15 is 0 Å². The normalized spacial score (nSPS) is 17.8. The molecule has 0 radical (unpaired) electrons. The molecule has 2 nitrogen and oxygen atoms in total. The van der Waals surface area contributed by atoms with Gasteiger partial charge in [0, 0.05) is 3.57 Å². The van der Waals surface area contributed by atoms with Crippen molar-refractivity contribution in [3.63, 3.8) is 0 Å². The smallest absolute Gasteiger partial charge is 0.119 e. The topological polar surface area (TPSA) is 18.5 Å². The number of halogens is 1. The van der Waals surface area contributed by atoms with E-state index in [1.54, 1.807) is 0 Å². The van der Waals surface area contributed by atoms with Crippen LogP contribution in [0.3, 0.4) is 0 Å². The van der Waals surface area contributed by atoms with Crippen molar-refractivity contribution < 1.29 is 9.47 Å². The highest BCUT2D eigenvalue weighted by Gasteiger charge is 2.20. The highest BCUT2D eigenvalue weighted by atomic mass is 127. The Morgan fingerprint density at radius 3 is 2.74 bits per heavy atom. The van der Waals surface area contributed by atoms with Crippen molar-refractivity contribution in [2.24, 2.45) is 0 Å². The Hall–Kier alpha value is -1.07. The molecule has 0 N–H and O–H groups in total. The van der Waals surface area contributed by atoms with Gasteiger partial charge in [0.05, 0.1) is 6.61 Å². The highest BCUT2D eigenvalue weighted by Crippen LogP contribution is 2.27. The van der Waals surface area contributed by atoms with Crippen molar-refractivity contribution in [1.29, 1.82) is 0 Å². The third-order valence-electron chi connectivity index (χ3n) is 3.31. The van der Waals surface area contributed by atoms with E-state index in [2.05, 4.69) is 46.9 Å². The van der Waals surface area contributed by atoms with Gasteiger partial charge in [-0.05, 0) is 64.4 Å². The van der Waals surface area contributed by atoms with Gasteiger partial charge in [-0.3, -0.25) is 0 Å². The Labute approximate surface area is 126 Å². The van der Waals surface area contributed by atoms with E-state index in [1.165, 1.54) is 14.7 Å². The van der Waals surface area contributed by atoms with Crippen molar-refractivity contribution in [2.45, 2.75) is 12.5 Å². The molecule has 0 aromatic heterocycles. The van der Waals surface area contributed by atoms with Gasteiger partial charge in [-0.2, -0.15) is 0 Å². The van der Waals surface area contributed by atoms with E-state index in [0.717, 1.165) is 18.8 Å². The molecule has 2 aromatic rings. The molecule has 0 saturated carbocycles. The minimum Gasteiger partial charge on any atom is -0.491 e. The number of hydrogen-bond acceptors (Lipinski definition) is 2. The third-order valence-corrected chi connectivity index (χ3v) is 4.03. The molecule has 1 unspecified atom stereocenters. The second-order valence-electron chi connectivity index (χ2n) is 4.57. The summed E-state index contributed by atoms with van der Waals surface area (Å²) in [5, 5.41) is 0. The predicted octanol–water partition coefficient (Wildman–Crippen LogP) is 3.98. The van der Waals surface area contributed by atoms with Gasteiger partial charge in [0.15, 0.2) is 0 Å². The van der Waals surface area contributed by atoms with Crippen LogP contribution in [0.25, 0.3) is 0 Å². The van der Waals surface area contributed by atoms with E-state index in [9.17, 15) is 0 Å². The fourth-order valence-electron chi connectivity index (χ4n) is 2.32. The van der Waals surface area contributed by atoms with Gasteiger partial charge in [0.25, 0.3) is 0 Å². The fourth-order valence-corrected chi connectivity index (χ4v) is 2.68. The van der Waals surface area contributed by atoms with Crippen LogP contribution in [-0.2, 0) is 11.2 Å². The molecule has 0 saturated heterocycles. The Balaban J connectivity index is 1.69. The molecule has 2 aromatic carbocycles. The molecular formula is C16H15IO2. The summed E-state index contributed by atoms with van der Waals surface area (Å²) in [5.41, 5.74) is 2.64. The van der Waals surface area contributed by atoms with Crippen LogP contribution < -0.4 is 4.74 Å². The summed E-state index contributed by atoms with van der Waals surface area (Å²) >= 11 is 2.29. The molecule has 0 spiro atoms. The lowest BCUT2D eigenvalue weighted by Crippen LogP contribution is -2.21. The molecule has 19 heavy (non-hydrogen) atoms. The summed E-state index contributed by atoms with van der Waals surface area (Å²) in [6.45, 7) is 1.34. The summed E-state index contributed by atoms with van der Waals surface area (Å²) < 4.78 is 12.9. The number of fused-ring (bicyclic) bond motifs is 1. The zero-order valence-corrected chi connectivity index (χ0v) is 12.7. The molecule has 0 aliphatic carbocycles. The molecule has 1 aliphatic heterocycles. The molecule has 98 valence electrons. The summed E-state index contributed by atoms with van der Waals surface area (Å²) in [5.74, 6) is 0.895. The van der Waals surface area contributed by atoms with Gasteiger partial charge in [0.2, 0.25) is 0 Å². The van der Waals surface area contributed by atoms with Gasteiger partial charge in [0.1, 0.15) is 18.5 Å². The Morgan fingerprint density at radius 2 is 1.89 bits per heavy atom. The SMILES string of the molecule is Ic1ccc(OCC2OCCc3ccccc32)cc1. The fraction of sp³-hybridized carbons (Fsp3) is 0.250. The van der Waals surface area contributed by atoms with Crippen LogP contribution >= 0.6 is 22.6 Å². The standard InChI is InChI=1S/C16H15IO2/c17-13-5-7-14(8-6-13)19-11-16-15-4-2-1-3-12(15)9-10-18-16/h1-8,16H,9-11H2. The third kappa shape index (κ3) is 3.09. The van der Waals surface area contributed by atoms with Gasteiger partial charge in [-0.1, -0.05) is 24.3 Å². The number of hydrogen-bond donors (Lipinski definition) is 0. The summed E-state index contributed by atoms with van der Waals surface area (Å²) in [6, 6.07) is 16.5. The van der Waals surface area contributed by atoms with Crippen LogP contribution in [0.5, 0.6) is 5.75 Å². The summed E-state index contributed by atoms with van der Waals surface area (Å²) in [6.07, 6.45) is 1.04. The Kier molecular flexibility index (Phi) is 4.03. The first-order valence-electron chi connectivity index (χ1n) is 6.41. The second-order valence-corrected chi connectivity index (χ2v) is 5.82. The summed E-state index contributed by atoms with van der Waals surface area (Å²) in [7, 11) is 0. The summed E-state index contributed by atoms with van der Waals surface area (Å²) in [4.78, 5) is 0. The molecule has 3 rings (SSSR count). The van der Waals surface area contributed by atoms with Crippen molar-refractivity contribution in [3.05, 3.63) is 63.2 Å².